The van der Waals surface area contributed by atoms with Crippen molar-refractivity contribution < 1.29 is 0 Å². The Hall–Kier alpha value is -1.68. The highest BCUT2D eigenvalue weighted by molar-refractivity contribution is 14.1. The van der Waals surface area contributed by atoms with Gasteiger partial charge >= 0.3 is 0 Å². The van der Waals surface area contributed by atoms with Crippen molar-refractivity contribution in [2.45, 2.75) is 0 Å². The van der Waals surface area contributed by atoms with E-state index < -0.39 is 0 Å². The van der Waals surface area contributed by atoms with Gasteiger partial charge < -0.3 is 0 Å². The third-order valence-corrected chi connectivity index (χ3v) is 3.82. The molecule has 19 heavy (non-hydrogen) atoms. The highest BCUT2D eigenvalue weighted by Gasteiger charge is 2.04. The number of rotatable bonds is 2. The monoisotopic (exact) mass is 357 g/mol. The molecular formula is C17H12IN. The third kappa shape index (κ3) is 2.68. The molecule has 0 saturated heterocycles. The fourth-order valence-electron chi connectivity index (χ4n) is 2.07. The molecule has 0 aliphatic carbocycles. The van der Waals surface area contributed by atoms with Crippen molar-refractivity contribution in [3.05, 3.63) is 78.1 Å². The van der Waals surface area contributed by atoms with Gasteiger partial charge in [-0.05, 0) is 45.7 Å². The van der Waals surface area contributed by atoms with Gasteiger partial charge in [0.15, 0.2) is 0 Å². The standard InChI is InChI=1S/C17H12IN/c18-16(12-13-6-2-1-3-7-13)17-15-9-5-4-8-14(15)10-11-19-17/h1-12H. The number of hydrogen-bond donors (Lipinski definition) is 0. The van der Waals surface area contributed by atoms with E-state index in [9.17, 15) is 0 Å². The van der Waals surface area contributed by atoms with Crippen molar-refractivity contribution in [1.82, 2.24) is 4.98 Å². The molecule has 2 heteroatoms. The summed E-state index contributed by atoms with van der Waals surface area (Å²) in [5, 5.41) is 2.42. The van der Waals surface area contributed by atoms with E-state index in [-0.39, 0.29) is 0 Å². The van der Waals surface area contributed by atoms with Gasteiger partial charge in [0.05, 0.1) is 5.69 Å². The minimum absolute atomic E-state index is 1.04. The van der Waals surface area contributed by atoms with Crippen LogP contribution in [0.2, 0.25) is 0 Å². The van der Waals surface area contributed by atoms with Crippen LogP contribution in [0.3, 0.4) is 0 Å². The average Bonchev–Trinajstić information content (AvgIpc) is 2.47. The molecule has 0 aliphatic rings. The lowest BCUT2D eigenvalue weighted by molar-refractivity contribution is 1.33. The molecule has 0 spiro atoms. The molecule has 1 nitrogen and oxygen atoms in total. The van der Waals surface area contributed by atoms with Crippen molar-refractivity contribution >= 4 is 43.0 Å². The molecule has 92 valence electrons. The smallest absolute Gasteiger partial charge is 0.0841 e. The summed E-state index contributed by atoms with van der Waals surface area (Å²) in [7, 11) is 0. The van der Waals surface area contributed by atoms with E-state index in [1.807, 2.05) is 30.5 Å². The van der Waals surface area contributed by atoms with E-state index in [1.165, 1.54) is 16.3 Å². The first-order valence-electron chi connectivity index (χ1n) is 6.11. The molecule has 0 unspecified atom stereocenters. The van der Waals surface area contributed by atoms with E-state index in [1.54, 1.807) is 0 Å². The molecule has 2 aromatic carbocycles. The van der Waals surface area contributed by atoms with Crippen LogP contribution in [0.4, 0.5) is 0 Å². The summed E-state index contributed by atoms with van der Waals surface area (Å²) < 4.78 is 1.15. The molecule has 1 aromatic heterocycles. The molecule has 0 amide bonds. The Morgan fingerprint density at radius 3 is 2.47 bits per heavy atom. The highest BCUT2D eigenvalue weighted by Crippen LogP contribution is 2.29. The third-order valence-electron chi connectivity index (χ3n) is 2.99. The maximum Gasteiger partial charge on any atom is 0.0841 e. The number of halogens is 1. The first-order chi connectivity index (χ1) is 9.34. The number of benzene rings is 2. The van der Waals surface area contributed by atoms with Crippen LogP contribution < -0.4 is 0 Å². The minimum atomic E-state index is 1.04. The average molecular weight is 357 g/mol. The molecule has 0 saturated carbocycles. The summed E-state index contributed by atoms with van der Waals surface area (Å²) in [6, 6.07) is 20.7. The van der Waals surface area contributed by atoms with Crippen LogP contribution in [0.5, 0.6) is 0 Å². The Kier molecular flexibility index (Phi) is 3.60. The first-order valence-corrected chi connectivity index (χ1v) is 7.19. The van der Waals surface area contributed by atoms with Crippen molar-refractivity contribution in [2.75, 3.05) is 0 Å². The fourth-order valence-corrected chi connectivity index (χ4v) is 2.86. The number of pyridine rings is 1. The van der Waals surface area contributed by atoms with E-state index in [0.29, 0.717) is 0 Å². The van der Waals surface area contributed by atoms with Crippen molar-refractivity contribution in [2.24, 2.45) is 0 Å². The minimum Gasteiger partial charge on any atom is -0.255 e. The highest BCUT2D eigenvalue weighted by atomic mass is 127. The Labute approximate surface area is 126 Å². The van der Waals surface area contributed by atoms with Crippen LogP contribution in [-0.2, 0) is 0 Å². The van der Waals surface area contributed by atoms with Crippen LogP contribution in [0, 0.1) is 0 Å². The van der Waals surface area contributed by atoms with Crippen LogP contribution in [-0.4, -0.2) is 4.98 Å². The predicted octanol–water partition coefficient (Wildman–Crippen LogP) is 5.17. The molecule has 0 aliphatic heterocycles. The summed E-state index contributed by atoms with van der Waals surface area (Å²) >= 11 is 2.36. The van der Waals surface area contributed by atoms with Gasteiger partial charge in [0.2, 0.25) is 0 Å². The molecule has 1 heterocycles. The van der Waals surface area contributed by atoms with Gasteiger partial charge in [-0.3, -0.25) is 4.98 Å². The molecule has 0 atom stereocenters. The summed E-state index contributed by atoms with van der Waals surface area (Å²) in [4.78, 5) is 4.53. The zero-order chi connectivity index (χ0) is 13.1. The van der Waals surface area contributed by atoms with Crippen LogP contribution >= 0.6 is 22.6 Å². The van der Waals surface area contributed by atoms with Gasteiger partial charge in [-0.1, -0.05) is 54.6 Å². The Morgan fingerprint density at radius 2 is 1.63 bits per heavy atom. The maximum atomic E-state index is 4.53. The second kappa shape index (κ2) is 5.53. The molecule has 0 N–H and O–H groups in total. The normalized spacial score (nSPS) is 11.7. The topological polar surface area (TPSA) is 12.9 Å². The maximum absolute atomic E-state index is 4.53. The Morgan fingerprint density at radius 1 is 0.895 bits per heavy atom. The van der Waals surface area contributed by atoms with E-state index in [2.05, 4.69) is 70.0 Å². The van der Waals surface area contributed by atoms with Gasteiger partial charge in [-0.2, -0.15) is 0 Å². The molecule has 3 rings (SSSR count). The van der Waals surface area contributed by atoms with Crippen molar-refractivity contribution in [1.29, 1.82) is 0 Å². The fraction of sp³-hybridized carbons (Fsp3) is 0. The molecule has 0 bridgehead atoms. The van der Waals surface area contributed by atoms with Gasteiger partial charge in [-0.25, -0.2) is 0 Å². The quantitative estimate of drug-likeness (QED) is 0.577. The summed E-state index contributed by atoms with van der Waals surface area (Å²) in [5.74, 6) is 0. The van der Waals surface area contributed by atoms with Crippen LogP contribution in [0.25, 0.3) is 20.4 Å². The zero-order valence-electron chi connectivity index (χ0n) is 10.3. The summed E-state index contributed by atoms with van der Waals surface area (Å²) in [5.41, 5.74) is 2.24. The summed E-state index contributed by atoms with van der Waals surface area (Å²) in [6.45, 7) is 0. The van der Waals surface area contributed by atoms with Crippen LogP contribution in [0.1, 0.15) is 11.3 Å². The second-order valence-corrected chi connectivity index (χ2v) is 5.45. The van der Waals surface area contributed by atoms with E-state index >= 15 is 0 Å². The van der Waals surface area contributed by atoms with Crippen LogP contribution in [0.15, 0.2) is 66.9 Å². The summed E-state index contributed by atoms with van der Waals surface area (Å²) in [6.07, 6.45) is 4.03. The lowest BCUT2D eigenvalue weighted by Crippen LogP contribution is -1.86. The van der Waals surface area contributed by atoms with Crippen molar-refractivity contribution in [3.8, 4) is 0 Å². The number of hydrogen-bond acceptors (Lipinski definition) is 1. The first kappa shape index (κ1) is 12.4. The van der Waals surface area contributed by atoms with Gasteiger partial charge in [-0.15, -0.1) is 0 Å². The van der Waals surface area contributed by atoms with Gasteiger partial charge in [0.1, 0.15) is 0 Å². The van der Waals surface area contributed by atoms with Gasteiger partial charge in [0.25, 0.3) is 0 Å². The molecule has 3 aromatic rings. The largest absolute Gasteiger partial charge is 0.255 e. The van der Waals surface area contributed by atoms with Crippen molar-refractivity contribution in [3.63, 3.8) is 0 Å². The second-order valence-electron chi connectivity index (χ2n) is 4.28. The predicted molar refractivity (Wildman–Crippen MR) is 90.1 cm³/mol. The van der Waals surface area contributed by atoms with E-state index in [0.717, 1.165) is 9.27 Å². The molecular weight excluding hydrogens is 345 g/mol. The molecule has 0 fully saturated rings. The number of aromatic nitrogens is 1. The molecule has 0 radical (unpaired) electrons. The number of nitrogens with zero attached hydrogens (tertiary/aromatic N) is 1. The Balaban J connectivity index is 2.12. The number of fused-ring (bicyclic) bond motifs is 1. The van der Waals surface area contributed by atoms with Gasteiger partial charge in [0, 0.05) is 15.2 Å². The SMILES string of the molecule is IC(=Cc1ccccc1)c1nccc2ccccc12. The lowest BCUT2D eigenvalue weighted by Gasteiger charge is -2.04. The lowest BCUT2D eigenvalue weighted by atomic mass is 10.1. The zero-order valence-corrected chi connectivity index (χ0v) is 12.4. The Bertz CT molecular complexity index is 727. The van der Waals surface area contributed by atoms with E-state index in [4.69, 9.17) is 0 Å².